The van der Waals surface area contributed by atoms with Gasteiger partial charge in [-0.25, -0.2) is 0 Å². The SMILES string of the molecule is COc1cc(C)c(C2=CCCNCC2)cc1Cl. The Labute approximate surface area is 108 Å². The van der Waals surface area contributed by atoms with E-state index in [9.17, 15) is 0 Å². The number of hydrogen-bond acceptors (Lipinski definition) is 2. The Morgan fingerprint density at radius 3 is 2.88 bits per heavy atom. The van der Waals surface area contributed by atoms with Crippen molar-refractivity contribution in [3.05, 3.63) is 34.4 Å². The van der Waals surface area contributed by atoms with E-state index in [2.05, 4.69) is 18.3 Å². The zero-order valence-corrected chi connectivity index (χ0v) is 11.1. The third-order valence-corrected chi connectivity index (χ3v) is 3.42. The lowest BCUT2D eigenvalue weighted by Gasteiger charge is -2.12. The molecule has 0 bridgehead atoms. The number of methoxy groups -OCH3 is 1. The highest BCUT2D eigenvalue weighted by Crippen LogP contribution is 2.32. The predicted octanol–water partition coefficient (Wildman–Crippen LogP) is 3.42. The molecule has 0 radical (unpaired) electrons. The highest BCUT2D eigenvalue weighted by Gasteiger charge is 2.11. The highest BCUT2D eigenvalue weighted by atomic mass is 35.5. The maximum absolute atomic E-state index is 6.19. The molecule has 0 saturated carbocycles. The molecule has 0 amide bonds. The third kappa shape index (κ3) is 2.82. The first-order chi connectivity index (χ1) is 8.22. The van der Waals surface area contributed by atoms with Crippen LogP contribution in [0.1, 0.15) is 24.0 Å². The second kappa shape index (κ2) is 5.56. The van der Waals surface area contributed by atoms with E-state index in [1.54, 1.807) is 7.11 Å². The molecule has 0 spiro atoms. The molecule has 1 aliphatic rings. The molecule has 17 heavy (non-hydrogen) atoms. The van der Waals surface area contributed by atoms with Gasteiger partial charge < -0.3 is 10.1 Å². The molecule has 3 heteroatoms. The second-order valence-electron chi connectivity index (χ2n) is 4.32. The first-order valence-corrected chi connectivity index (χ1v) is 6.34. The average Bonchev–Trinajstić information content (AvgIpc) is 2.60. The van der Waals surface area contributed by atoms with Crippen molar-refractivity contribution in [1.82, 2.24) is 5.32 Å². The first kappa shape index (κ1) is 12.5. The van der Waals surface area contributed by atoms with Crippen molar-refractivity contribution >= 4 is 17.2 Å². The minimum Gasteiger partial charge on any atom is -0.495 e. The van der Waals surface area contributed by atoms with E-state index in [0.717, 1.165) is 31.7 Å². The molecule has 0 aliphatic carbocycles. The summed E-state index contributed by atoms with van der Waals surface area (Å²) in [6.07, 6.45) is 4.45. The number of benzene rings is 1. The van der Waals surface area contributed by atoms with Crippen LogP contribution in [0.15, 0.2) is 18.2 Å². The molecule has 1 N–H and O–H groups in total. The fraction of sp³-hybridized carbons (Fsp3) is 0.429. The monoisotopic (exact) mass is 251 g/mol. The van der Waals surface area contributed by atoms with Gasteiger partial charge in [0, 0.05) is 0 Å². The van der Waals surface area contributed by atoms with E-state index in [1.165, 1.54) is 16.7 Å². The standard InChI is InChI=1S/C14H18ClNO/c1-10-8-14(17-2)13(15)9-12(10)11-4-3-6-16-7-5-11/h4,8-9,16H,3,5-7H2,1-2H3. The Balaban J connectivity index is 2.37. The number of ether oxygens (including phenoxy) is 1. The van der Waals surface area contributed by atoms with Crippen LogP contribution in [0.2, 0.25) is 5.02 Å². The molecule has 2 rings (SSSR count). The van der Waals surface area contributed by atoms with Crippen LogP contribution < -0.4 is 10.1 Å². The van der Waals surface area contributed by atoms with Gasteiger partial charge in [0.2, 0.25) is 0 Å². The zero-order valence-electron chi connectivity index (χ0n) is 10.3. The van der Waals surface area contributed by atoms with Crippen LogP contribution in [0.3, 0.4) is 0 Å². The van der Waals surface area contributed by atoms with Crippen LogP contribution in [-0.4, -0.2) is 20.2 Å². The van der Waals surface area contributed by atoms with Crippen LogP contribution in [0.25, 0.3) is 5.57 Å². The fourth-order valence-electron chi connectivity index (χ4n) is 2.20. The summed E-state index contributed by atoms with van der Waals surface area (Å²) in [6.45, 7) is 4.20. The van der Waals surface area contributed by atoms with Gasteiger partial charge in [-0.1, -0.05) is 17.7 Å². The summed E-state index contributed by atoms with van der Waals surface area (Å²) in [7, 11) is 1.65. The van der Waals surface area contributed by atoms with E-state index in [0.29, 0.717) is 5.02 Å². The lowest BCUT2D eigenvalue weighted by atomic mass is 9.97. The minimum absolute atomic E-state index is 0.686. The summed E-state index contributed by atoms with van der Waals surface area (Å²) in [5.74, 6) is 0.750. The number of hydrogen-bond donors (Lipinski definition) is 1. The van der Waals surface area contributed by atoms with Gasteiger partial charge in [-0.2, -0.15) is 0 Å². The Morgan fingerprint density at radius 1 is 1.29 bits per heavy atom. The molecule has 1 aromatic carbocycles. The second-order valence-corrected chi connectivity index (χ2v) is 4.73. The van der Waals surface area contributed by atoms with Gasteiger partial charge in [-0.15, -0.1) is 0 Å². The Hall–Kier alpha value is -0.990. The van der Waals surface area contributed by atoms with Crippen molar-refractivity contribution in [3.8, 4) is 5.75 Å². The molecular weight excluding hydrogens is 234 g/mol. The molecule has 0 unspecified atom stereocenters. The van der Waals surface area contributed by atoms with Crippen LogP contribution in [0, 0.1) is 6.92 Å². The van der Waals surface area contributed by atoms with Crippen LogP contribution in [0.5, 0.6) is 5.75 Å². The lowest BCUT2D eigenvalue weighted by molar-refractivity contribution is 0.414. The summed E-state index contributed by atoms with van der Waals surface area (Å²) < 4.78 is 5.23. The Morgan fingerprint density at radius 2 is 2.12 bits per heavy atom. The molecule has 2 nitrogen and oxygen atoms in total. The van der Waals surface area contributed by atoms with Gasteiger partial charge in [0.05, 0.1) is 12.1 Å². The molecule has 0 fully saturated rings. The fourth-order valence-corrected chi connectivity index (χ4v) is 2.44. The molecule has 0 atom stereocenters. The van der Waals surface area contributed by atoms with E-state index >= 15 is 0 Å². The van der Waals surface area contributed by atoms with Crippen molar-refractivity contribution < 1.29 is 4.74 Å². The number of rotatable bonds is 2. The predicted molar refractivity (Wildman–Crippen MR) is 72.8 cm³/mol. The largest absolute Gasteiger partial charge is 0.495 e. The van der Waals surface area contributed by atoms with E-state index in [1.807, 2.05) is 12.1 Å². The van der Waals surface area contributed by atoms with Crippen LogP contribution in [-0.2, 0) is 0 Å². The molecule has 0 aromatic heterocycles. The number of aryl methyl sites for hydroxylation is 1. The van der Waals surface area contributed by atoms with Gasteiger partial charge in [0.1, 0.15) is 5.75 Å². The topological polar surface area (TPSA) is 21.3 Å². The van der Waals surface area contributed by atoms with Crippen molar-refractivity contribution in [2.75, 3.05) is 20.2 Å². The van der Waals surface area contributed by atoms with Crippen LogP contribution in [0.4, 0.5) is 0 Å². The van der Waals surface area contributed by atoms with Gasteiger partial charge in [-0.3, -0.25) is 0 Å². The van der Waals surface area contributed by atoms with Crippen molar-refractivity contribution in [1.29, 1.82) is 0 Å². The van der Waals surface area contributed by atoms with Gasteiger partial charge in [0.15, 0.2) is 0 Å². The van der Waals surface area contributed by atoms with E-state index in [-0.39, 0.29) is 0 Å². The molecule has 0 saturated heterocycles. The van der Waals surface area contributed by atoms with Crippen molar-refractivity contribution in [2.45, 2.75) is 19.8 Å². The molecule has 1 aliphatic heterocycles. The molecule has 1 aromatic rings. The number of nitrogens with one attached hydrogen (secondary N) is 1. The summed E-state index contributed by atoms with van der Waals surface area (Å²) in [5.41, 5.74) is 3.86. The average molecular weight is 252 g/mol. The van der Waals surface area contributed by atoms with Crippen molar-refractivity contribution in [2.24, 2.45) is 0 Å². The smallest absolute Gasteiger partial charge is 0.137 e. The highest BCUT2D eigenvalue weighted by molar-refractivity contribution is 6.32. The van der Waals surface area contributed by atoms with Crippen LogP contribution >= 0.6 is 11.6 Å². The maximum atomic E-state index is 6.19. The first-order valence-electron chi connectivity index (χ1n) is 5.96. The number of halogens is 1. The summed E-state index contributed by atoms with van der Waals surface area (Å²) in [4.78, 5) is 0. The van der Waals surface area contributed by atoms with Gasteiger partial charge >= 0.3 is 0 Å². The normalized spacial score (nSPS) is 16.3. The minimum atomic E-state index is 0.686. The summed E-state index contributed by atoms with van der Waals surface area (Å²) in [5, 5.41) is 4.08. The molecule has 1 heterocycles. The third-order valence-electron chi connectivity index (χ3n) is 3.13. The summed E-state index contributed by atoms with van der Waals surface area (Å²) >= 11 is 6.19. The lowest BCUT2D eigenvalue weighted by Crippen LogP contribution is -2.13. The zero-order chi connectivity index (χ0) is 12.3. The Kier molecular flexibility index (Phi) is 4.08. The van der Waals surface area contributed by atoms with E-state index in [4.69, 9.17) is 16.3 Å². The van der Waals surface area contributed by atoms with Gasteiger partial charge in [0.25, 0.3) is 0 Å². The Bertz CT molecular complexity index is 440. The van der Waals surface area contributed by atoms with Crippen molar-refractivity contribution in [3.63, 3.8) is 0 Å². The molecular formula is C14H18ClNO. The van der Waals surface area contributed by atoms with Gasteiger partial charge in [-0.05, 0) is 61.7 Å². The molecule has 92 valence electrons. The quantitative estimate of drug-likeness (QED) is 0.870. The van der Waals surface area contributed by atoms with E-state index < -0.39 is 0 Å². The summed E-state index contributed by atoms with van der Waals surface area (Å²) in [6, 6.07) is 4.03. The maximum Gasteiger partial charge on any atom is 0.137 e.